The molecule has 1 nitrogen and oxygen atoms in total. The lowest BCUT2D eigenvalue weighted by Gasteiger charge is -2.37. The van der Waals surface area contributed by atoms with Crippen LogP contribution in [0.15, 0.2) is 12.3 Å². The highest BCUT2D eigenvalue weighted by Gasteiger charge is 2.30. The summed E-state index contributed by atoms with van der Waals surface area (Å²) in [6.07, 6.45) is 18.3. The minimum absolute atomic E-state index is 0.819. The minimum atomic E-state index is 0.819. The molecule has 2 fully saturated rings. The average molecular weight is 278 g/mol. The number of rotatable bonds is 6. The Morgan fingerprint density at radius 1 is 0.800 bits per heavy atom. The van der Waals surface area contributed by atoms with Gasteiger partial charge in [0, 0.05) is 0 Å². The Hall–Kier alpha value is -0.460. The van der Waals surface area contributed by atoms with Crippen LogP contribution in [0.25, 0.3) is 0 Å². The molecule has 0 aliphatic heterocycles. The van der Waals surface area contributed by atoms with Crippen LogP contribution in [-0.2, 0) is 4.74 Å². The molecule has 0 aromatic heterocycles. The topological polar surface area (TPSA) is 9.23 Å². The summed E-state index contributed by atoms with van der Waals surface area (Å²) >= 11 is 0. The first-order valence-corrected chi connectivity index (χ1v) is 9.10. The number of hydrogen-bond donors (Lipinski definition) is 0. The zero-order valence-corrected chi connectivity index (χ0v) is 13.7. The predicted octanol–water partition coefficient (Wildman–Crippen LogP) is 5.95. The number of ether oxygens (including phenoxy) is 1. The van der Waals surface area contributed by atoms with Crippen molar-refractivity contribution in [1.29, 1.82) is 0 Å². The fourth-order valence-corrected chi connectivity index (χ4v) is 4.25. The fraction of sp³-hybridized carbons (Fsp3) is 0.895. The van der Waals surface area contributed by atoms with E-state index in [-0.39, 0.29) is 0 Å². The van der Waals surface area contributed by atoms with Crippen molar-refractivity contribution in [2.24, 2.45) is 23.7 Å². The molecule has 0 radical (unpaired) electrons. The van der Waals surface area contributed by atoms with Gasteiger partial charge in [0.15, 0.2) is 0 Å². The molecule has 0 aromatic carbocycles. The Morgan fingerprint density at radius 2 is 1.35 bits per heavy atom. The van der Waals surface area contributed by atoms with Crippen LogP contribution in [0.4, 0.5) is 0 Å². The molecule has 0 N–H and O–H groups in total. The molecule has 2 aliphatic rings. The van der Waals surface area contributed by atoms with Gasteiger partial charge in [0.1, 0.15) is 0 Å². The van der Waals surface area contributed by atoms with Gasteiger partial charge in [0.2, 0.25) is 0 Å². The van der Waals surface area contributed by atoms with E-state index in [1.165, 1.54) is 57.8 Å². The van der Waals surface area contributed by atoms with E-state index in [1.807, 2.05) is 6.26 Å². The van der Waals surface area contributed by atoms with Crippen LogP contribution in [0, 0.1) is 23.7 Å². The molecule has 2 aliphatic carbocycles. The third-order valence-electron chi connectivity index (χ3n) is 5.79. The van der Waals surface area contributed by atoms with Crippen LogP contribution in [0.2, 0.25) is 0 Å². The van der Waals surface area contributed by atoms with Gasteiger partial charge in [-0.3, -0.25) is 0 Å². The Labute approximate surface area is 126 Å². The zero-order chi connectivity index (χ0) is 14.2. The Bertz CT molecular complexity index is 267. The van der Waals surface area contributed by atoms with Gasteiger partial charge in [-0.25, -0.2) is 0 Å². The summed E-state index contributed by atoms with van der Waals surface area (Å²) in [7, 11) is 0. The van der Waals surface area contributed by atoms with Crippen molar-refractivity contribution >= 4 is 0 Å². The van der Waals surface area contributed by atoms with Crippen LogP contribution in [-0.4, -0.2) is 6.61 Å². The number of allylic oxidation sites excluding steroid dienone is 1. The smallest absolute Gasteiger partial charge is 0.0901 e. The maximum Gasteiger partial charge on any atom is 0.0901 e. The van der Waals surface area contributed by atoms with Crippen LogP contribution < -0.4 is 0 Å². The zero-order valence-electron chi connectivity index (χ0n) is 13.7. The van der Waals surface area contributed by atoms with Crippen molar-refractivity contribution < 1.29 is 4.74 Å². The van der Waals surface area contributed by atoms with Crippen molar-refractivity contribution in [2.45, 2.75) is 78.1 Å². The third kappa shape index (κ3) is 4.82. The Morgan fingerprint density at radius 3 is 1.85 bits per heavy atom. The first kappa shape index (κ1) is 15.9. The first-order chi connectivity index (χ1) is 9.83. The lowest BCUT2D eigenvalue weighted by molar-refractivity contribution is 0.109. The molecule has 0 bridgehead atoms. The van der Waals surface area contributed by atoms with E-state index < -0.39 is 0 Å². The molecule has 0 amide bonds. The molecular weight excluding hydrogens is 244 g/mol. The van der Waals surface area contributed by atoms with Gasteiger partial charge in [-0.15, -0.1) is 0 Å². The summed E-state index contributed by atoms with van der Waals surface area (Å²) in [5.74, 6) is 3.95. The first-order valence-electron chi connectivity index (χ1n) is 9.10. The van der Waals surface area contributed by atoms with E-state index in [0.29, 0.717) is 0 Å². The lowest BCUT2D eigenvalue weighted by atomic mass is 9.69. The fourth-order valence-electron chi connectivity index (χ4n) is 4.25. The summed E-state index contributed by atoms with van der Waals surface area (Å²) in [6.45, 7) is 5.47. The molecule has 116 valence electrons. The van der Waals surface area contributed by atoms with Gasteiger partial charge in [-0.2, -0.15) is 0 Å². The predicted molar refractivity (Wildman–Crippen MR) is 86.6 cm³/mol. The highest BCUT2D eigenvalue weighted by atomic mass is 16.5. The second kappa shape index (κ2) is 8.74. The van der Waals surface area contributed by atoms with Crippen molar-refractivity contribution in [3.63, 3.8) is 0 Å². The quantitative estimate of drug-likeness (QED) is 0.545. The Kier molecular flexibility index (Phi) is 6.96. The highest BCUT2D eigenvalue weighted by Crippen LogP contribution is 2.41. The van der Waals surface area contributed by atoms with Crippen LogP contribution in [0.5, 0.6) is 0 Å². The van der Waals surface area contributed by atoms with E-state index in [9.17, 15) is 0 Å². The normalized spacial score (nSPS) is 35.3. The minimum Gasteiger partial charge on any atom is -0.501 e. The molecule has 0 unspecified atom stereocenters. The molecule has 2 rings (SSSR count). The molecule has 0 atom stereocenters. The summed E-state index contributed by atoms with van der Waals surface area (Å²) in [5.41, 5.74) is 0. The maximum atomic E-state index is 5.64. The van der Waals surface area contributed by atoms with Gasteiger partial charge < -0.3 is 4.74 Å². The standard InChI is InChI=1S/C19H34O/c1-3-5-14-20-15-17-8-12-19(13-9-17)18-10-6-16(4-2)7-11-18/h5,14,16-19H,3-4,6-13,15H2,1-2H3/b14-5-/t16-,17?,18-,19?. The molecule has 1 heteroatoms. The molecule has 0 heterocycles. The van der Waals surface area contributed by atoms with E-state index in [1.54, 1.807) is 0 Å². The van der Waals surface area contributed by atoms with Crippen LogP contribution >= 0.6 is 0 Å². The summed E-state index contributed by atoms with van der Waals surface area (Å²) in [5, 5.41) is 0. The van der Waals surface area contributed by atoms with Crippen LogP contribution in [0.1, 0.15) is 78.1 Å². The van der Waals surface area contributed by atoms with E-state index >= 15 is 0 Å². The Balaban J connectivity index is 1.63. The molecule has 0 aromatic rings. The van der Waals surface area contributed by atoms with Crippen molar-refractivity contribution in [3.8, 4) is 0 Å². The molecule has 0 saturated heterocycles. The SMILES string of the molecule is CC/C=C\OCC1CCC([C@H]2CC[C@H](CC)CC2)CC1. The van der Waals surface area contributed by atoms with E-state index in [2.05, 4.69) is 19.9 Å². The maximum absolute atomic E-state index is 5.64. The van der Waals surface area contributed by atoms with Gasteiger partial charge in [0.05, 0.1) is 12.9 Å². The molecule has 20 heavy (non-hydrogen) atoms. The van der Waals surface area contributed by atoms with E-state index in [4.69, 9.17) is 4.74 Å². The molecular formula is C19H34O. The summed E-state index contributed by atoms with van der Waals surface area (Å²) in [4.78, 5) is 0. The third-order valence-corrected chi connectivity index (χ3v) is 5.79. The summed E-state index contributed by atoms with van der Waals surface area (Å²) in [6, 6.07) is 0. The van der Waals surface area contributed by atoms with Crippen molar-refractivity contribution in [1.82, 2.24) is 0 Å². The largest absolute Gasteiger partial charge is 0.501 e. The molecule has 0 spiro atoms. The van der Waals surface area contributed by atoms with E-state index in [0.717, 1.165) is 36.7 Å². The van der Waals surface area contributed by atoms with Gasteiger partial charge in [-0.1, -0.05) is 39.2 Å². The monoisotopic (exact) mass is 278 g/mol. The highest BCUT2D eigenvalue weighted by molar-refractivity contribution is 4.82. The van der Waals surface area contributed by atoms with Gasteiger partial charge >= 0.3 is 0 Å². The van der Waals surface area contributed by atoms with Gasteiger partial charge in [0.25, 0.3) is 0 Å². The number of hydrogen-bond acceptors (Lipinski definition) is 1. The average Bonchev–Trinajstić information content (AvgIpc) is 2.52. The second-order valence-corrected chi connectivity index (χ2v) is 7.08. The second-order valence-electron chi connectivity index (χ2n) is 7.08. The summed E-state index contributed by atoms with van der Waals surface area (Å²) < 4.78 is 5.64. The van der Waals surface area contributed by atoms with Gasteiger partial charge in [-0.05, 0) is 68.6 Å². The molecule has 2 saturated carbocycles. The van der Waals surface area contributed by atoms with Crippen LogP contribution in [0.3, 0.4) is 0 Å². The lowest BCUT2D eigenvalue weighted by Crippen LogP contribution is -2.26. The van der Waals surface area contributed by atoms with Crippen molar-refractivity contribution in [2.75, 3.05) is 6.61 Å². The van der Waals surface area contributed by atoms with Crippen molar-refractivity contribution in [3.05, 3.63) is 12.3 Å².